The van der Waals surface area contributed by atoms with E-state index in [2.05, 4.69) is 13.6 Å². The van der Waals surface area contributed by atoms with Gasteiger partial charge in [0.2, 0.25) is 0 Å². The molecule has 4 nitrogen and oxygen atoms in total. The number of nitrogens with zero attached hydrogens (tertiary/aromatic N) is 3. The normalized spacial score (nSPS) is 19.4. The third kappa shape index (κ3) is 1.63. The van der Waals surface area contributed by atoms with E-state index < -0.39 is 0 Å². The Morgan fingerprint density at radius 2 is 2.50 bits per heavy atom. The zero-order valence-electron chi connectivity index (χ0n) is 6.68. The van der Waals surface area contributed by atoms with Gasteiger partial charge in [-0.25, -0.2) is 0 Å². The van der Waals surface area contributed by atoms with Gasteiger partial charge in [0.15, 0.2) is 0 Å². The zero-order chi connectivity index (χ0) is 8.39. The molecule has 0 amide bonds. The van der Waals surface area contributed by atoms with E-state index >= 15 is 0 Å². The van der Waals surface area contributed by atoms with Crippen LogP contribution in [0.3, 0.4) is 0 Å². The highest BCUT2D eigenvalue weighted by atomic mass is 32.1. The highest BCUT2D eigenvalue weighted by Crippen LogP contribution is 2.16. The maximum absolute atomic E-state index is 8.78. The van der Waals surface area contributed by atoms with Crippen molar-refractivity contribution in [3.8, 4) is 0 Å². The lowest BCUT2D eigenvalue weighted by atomic mass is 10.0. The summed E-state index contributed by atoms with van der Waals surface area (Å²) in [4.78, 5) is 2.26. The molecule has 1 fully saturated rings. The minimum atomic E-state index is 0.311. The molecular formula is C7H11N3OS. The number of aliphatic hydroxyl groups is 1. The van der Waals surface area contributed by atoms with E-state index in [0.717, 1.165) is 25.3 Å². The van der Waals surface area contributed by atoms with Crippen LogP contribution >= 0.6 is 11.7 Å². The largest absolute Gasteiger partial charge is 0.396 e. The van der Waals surface area contributed by atoms with Gasteiger partial charge in [0, 0.05) is 32.2 Å². The Hall–Kier alpha value is -0.520. The van der Waals surface area contributed by atoms with Crippen LogP contribution in [0.4, 0.5) is 0 Å². The first-order valence-electron chi connectivity index (χ1n) is 3.98. The van der Waals surface area contributed by atoms with E-state index in [1.54, 1.807) is 6.20 Å². The summed E-state index contributed by atoms with van der Waals surface area (Å²) in [5.74, 6) is 0.483. The van der Waals surface area contributed by atoms with Crippen LogP contribution in [0.15, 0.2) is 6.20 Å². The Morgan fingerprint density at radius 1 is 1.67 bits per heavy atom. The highest BCUT2D eigenvalue weighted by molar-refractivity contribution is 6.99. The molecule has 12 heavy (non-hydrogen) atoms. The molecule has 0 spiro atoms. The smallest absolute Gasteiger partial charge is 0.0883 e. The number of rotatable bonds is 3. The molecule has 0 atom stereocenters. The fraction of sp³-hybridized carbons (Fsp3) is 0.714. The number of hydrogen-bond acceptors (Lipinski definition) is 5. The van der Waals surface area contributed by atoms with E-state index in [-0.39, 0.29) is 0 Å². The summed E-state index contributed by atoms with van der Waals surface area (Å²) in [5.41, 5.74) is 1.04. The Kier molecular flexibility index (Phi) is 2.34. The maximum atomic E-state index is 8.78. The van der Waals surface area contributed by atoms with Crippen molar-refractivity contribution < 1.29 is 5.11 Å². The van der Waals surface area contributed by atoms with Gasteiger partial charge < -0.3 is 5.11 Å². The molecule has 0 radical (unpaired) electrons. The number of aromatic nitrogens is 2. The molecule has 1 N–H and O–H groups in total. The van der Waals surface area contributed by atoms with Crippen molar-refractivity contribution in [2.45, 2.75) is 6.54 Å². The number of hydrogen-bond donors (Lipinski definition) is 1. The third-order valence-electron chi connectivity index (χ3n) is 2.08. The van der Waals surface area contributed by atoms with Crippen LogP contribution in [0.2, 0.25) is 0 Å². The predicted octanol–water partition coefficient (Wildman–Crippen LogP) is -0.0378. The molecule has 0 unspecified atom stereocenters. The lowest BCUT2D eigenvalue weighted by molar-refractivity contribution is 0.0471. The van der Waals surface area contributed by atoms with Gasteiger partial charge in [-0.05, 0) is 0 Å². The van der Waals surface area contributed by atoms with Gasteiger partial charge >= 0.3 is 0 Å². The third-order valence-corrected chi connectivity index (χ3v) is 2.60. The second kappa shape index (κ2) is 3.47. The van der Waals surface area contributed by atoms with Crippen LogP contribution in [0, 0.1) is 5.92 Å². The Labute approximate surface area is 75.2 Å². The van der Waals surface area contributed by atoms with E-state index in [4.69, 9.17) is 5.11 Å². The van der Waals surface area contributed by atoms with Crippen LogP contribution in [0.25, 0.3) is 0 Å². The number of aliphatic hydroxyl groups excluding tert-OH is 1. The van der Waals surface area contributed by atoms with Crippen molar-refractivity contribution in [1.29, 1.82) is 0 Å². The topological polar surface area (TPSA) is 49.2 Å². The molecule has 66 valence electrons. The van der Waals surface area contributed by atoms with E-state index in [1.807, 2.05) is 0 Å². The average Bonchev–Trinajstić information content (AvgIpc) is 2.47. The number of likely N-dealkylation sites (tertiary alicyclic amines) is 1. The lowest BCUT2D eigenvalue weighted by Gasteiger charge is -2.37. The lowest BCUT2D eigenvalue weighted by Crippen LogP contribution is -2.47. The summed E-state index contributed by atoms with van der Waals surface area (Å²) in [6.45, 7) is 3.18. The second-order valence-electron chi connectivity index (χ2n) is 3.14. The zero-order valence-corrected chi connectivity index (χ0v) is 7.50. The van der Waals surface area contributed by atoms with Crippen molar-refractivity contribution in [1.82, 2.24) is 13.6 Å². The minimum Gasteiger partial charge on any atom is -0.396 e. The monoisotopic (exact) mass is 185 g/mol. The summed E-state index contributed by atoms with van der Waals surface area (Å²) in [5, 5.41) is 8.78. The van der Waals surface area contributed by atoms with Crippen molar-refractivity contribution in [2.75, 3.05) is 19.7 Å². The fourth-order valence-corrected chi connectivity index (χ4v) is 1.83. The second-order valence-corrected chi connectivity index (χ2v) is 3.70. The van der Waals surface area contributed by atoms with Crippen molar-refractivity contribution in [3.05, 3.63) is 11.9 Å². The van der Waals surface area contributed by atoms with Crippen LogP contribution < -0.4 is 0 Å². The molecule has 0 aliphatic carbocycles. The molecule has 2 heterocycles. The molecule has 2 rings (SSSR count). The van der Waals surface area contributed by atoms with Gasteiger partial charge in [-0.15, -0.1) is 0 Å². The summed E-state index contributed by atoms with van der Waals surface area (Å²) in [6, 6.07) is 0. The molecule has 0 bridgehead atoms. The first-order valence-corrected chi connectivity index (χ1v) is 4.71. The van der Waals surface area contributed by atoms with E-state index in [0.29, 0.717) is 12.5 Å². The predicted molar refractivity (Wildman–Crippen MR) is 45.8 cm³/mol. The Bertz CT molecular complexity index is 233. The van der Waals surface area contributed by atoms with E-state index in [9.17, 15) is 0 Å². The standard InChI is InChI=1S/C7H11N3OS/c11-5-6-2-10(3-6)4-7-1-8-12-9-7/h1,6,11H,2-5H2. The molecular weight excluding hydrogens is 174 g/mol. The van der Waals surface area contributed by atoms with Crippen LogP contribution in [-0.2, 0) is 6.54 Å². The molecule has 1 aliphatic rings. The molecule has 1 saturated heterocycles. The molecule has 1 aliphatic heterocycles. The van der Waals surface area contributed by atoms with Crippen LogP contribution in [0.5, 0.6) is 0 Å². The van der Waals surface area contributed by atoms with Gasteiger partial charge in [0.05, 0.1) is 23.6 Å². The molecule has 1 aromatic heterocycles. The summed E-state index contributed by atoms with van der Waals surface area (Å²) in [7, 11) is 0. The van der Waals surface area contributed by atoms with Crippen LogP contribution in [-0.4, -0.2) is 38.4 Å². The quantitative estimate of drug-likeness (QED) is 0.718. The minimum absolute atomic E-state index is 0.311. The fourth-order valence-electron chi connectivity index (χ4n) is 1.40. The van der Waals surface area contributed by atoms with Gasteiger partial charge in [-0.1, -0.05) is 0 Å². The Morgan fingerprint density at radius 3 is 3.08 bits per heavy atom. The van der Waals surface area contributed by atoms with Gasteiger partial charge in [0.25, 0.3) is 0 Å². The van der Waals surface area contributed by atoms with E-state index in [1.165, 1.54) is 11.7 Å². The summed E-state index contributed by atoms with van der Waals surface area (Å²) >= 11 is 1.25. The maximum Gasteiger partial charge on any atom is 0.0883 e. The van der Waals surface area contributed by atoms with Gasteiger partial charge in [-0.3, -0.25) is 4.90 Å². The highest BCUT2D eigenvalue weighted by Gasteiger charge is 2.25. The molecule has 1 aromatic rings. The van der Waals surface area contributed by atoms with Crippen molar-refractivity contribution >= 4 is 11.7 Å². The van der Waals surface area contributed by atoms with Gasteiger partial charge in [0.1, 0.15) is 0 Å². The summed E-state index contributed by atoms with van der Waals surface area (Å²) < 4.78 is 8.04. The van der Waals surface area contributed by atoms with Crippen LogP contribution in [0.1, 0.15) is 5.69 Å². The summed E-state index contributed by atoms with van der Waals surface area (Å²) in [6.07, 6.45) is 1.80. The van der Waals surface area contributed by atoms with Gasteiger partial charge in [-0.2, -0.15) is 8.75 Å². The van der Waals surface area contributed by atoms with Crippen molar-refractivity contribution in [3.63, 3.8) is 0 Å². The average molecular weight is 185 g/mol. The molecule has 5 heteroatoms. The SMILES string of the molecule is OCC1CN(Cc2cnsn2)C1. The first-order chi connectivity index (χ1) is 5.88. The van der Waals surface area contributed by atoms with Crippen molar-refractivity contribution in [2.24, 2.45) is 5.92 Å². The molecule has 0 aromatic carbocycles. The first kappa shape index (κ1) is 8.10. The Balaban J connectivity index is 1.77. The molecule has 0 saturated carbocycles.